The molecule has 0 bridgehead atoms. The molecule has 1 amide bonds. The van der Waals surface area contributed by atoms with Crippen molar-refractivity contribution in [1.29, 1.82) is 0 Å². The number of fused-ring (bicyclic) bond motifs is 1. The highest BCUT2D eigenvalue weighted by Crippen LogP contribution is 2.33. The highest BCUT2D eigenvalue weighted by molar-refractivity contribution is 7.95. The van der Waals surface area contributed by atoms with E-state index in [-0.39, 0.29) is 16.4 Å². The number of nitrogens with zero attached hydrogens (tertiary/aromatic N) is 1. The lowest BCUT2D eigenvalue weighted by molar-refractivity contribution is 0.100. The van der Waals surface area contributed by atoms with Crippen molar-refractivity contribution in [2.75, 3.05) is 0 Å². The van der Waals surface area contributed by atoms with Crippen molar-refractivity contribution in [3.8, 4) is 0 Å². The molecule has 0 saturated heterocycles. The van der Waals surface area contributed by atoms with Crippen LogP contribution >= 0.6 is 0 Å². The molecule has 0 aliphatic carbocycles. The molecule has 1 heterocycles. The maximum absolute atomic E-state index is 11.8. The molecule has 1 aromatic carbocycles. The number of guanidine groups is 1. The van der Waals surface area contributed by atoms with Crippen LogP contribution in [0.1, 0.15) is 22.8 Å². The van der Waals surface area contributed by atoms with Gasteiger partial charge in [0.25, 0.3) is 5.91 Å². The molecule has 0 aromatic heterocycles. The van der Waals surface area contributed by atoms with Crippen molar-refractivity contribution < 1.29 is 13.2 Å². The fourth-order valence-electron chi connectivity index (χ4n) is 1.76. The number of allylic oxidation sites excluding steroid dienone is 1. The van der Waals surface area contributed by atoms with Crippen LogP contribution in [0.4, 0.5) is 0 Å². The first kappa shape index (κ1) is 12.3. The molecule has 18 heavy (non-hydrogen) atoms. The molecular weight excluding hydrogens is 254 g/mol. The Morgan fingerprint density at radius 1 is 1.28 bits per heavy atom. The van der Waals surface area contributed by atoms with Crippen LogP contribution in [-0.4, -0.2) is 20.3 Å². The summed E-state index contributed by atoms with van der Waals surface area (Å²) in [5.74, 6) is -1.03. The smallest absolute Gasteiger partial charge is 0.280 e. The lowest BCUT2D eigenvalue weighted by atomic mass is 10.1. The average molecular weight is 265 g/mol. The first-order valence-electron chi connectivity index (χ1n) is 5.03. The van der Waals surface area contributed by atoms with Crippen molar-refractivity contribution in [3.63, 3.8) is 0 Å². The molecule has 4 N–H and O–H groups in total. The molecular formula is C11H11N3O3S. The highest BCUT2D eigenvalue weighted by atomic mass is 32.2. The summed E-state index contributed by atoms with van der Waals surface area (Å²) >= 11 is 0. The zero-order valence-corrected chi connectivity index (χ0v) is 10.4. The van der Waals surface area contributed by atoms with Crippen molar-refractivity contribution in [2.24, 2.45) is 16.5 Å². The van der Waals surface area contributed by atoms with Gasteiger partial charge in [0.05, 0.1) is 4.90 Å². The van der Waals surface area contributed by atoms with Crippen LogP contribution in [-0.2, 0) is 9.84 Å². The Balaban J connectivity index is 2.55. The topological polar surface area (TPSA) is 116 Å². The minimum absolute atomic E-state index is 0.108. The summed E-state index contributed by atoms with van der Waals surface area (Å²) in [6.07, 6.45) is 0. The van der Waals surface area contributed by atoms with Gasteiger partial charge in [-0.1, -0.05) is 6.07 Å². The Morgan fingerprint density at radius 2 is 1.94 bits per heavy atom. The predicted octanol–water partition coefficient (Wildman–Crippen LogP) is 0.248. The third-order valence-corrected chi connectivity index (χ3v) is 4.14. The second kappa shape index (κ2) is 3.95. The zero-order chi connectivity index (χ0) is 13.5. The van der Waals surface area contributed by atoms with Crippen LogP contribution in [0.15, 0.2) is 33.5 Å². The standard InChI is InChI=1S/C11H11N3O3S/c1-6-5-18(16,17)9-4-7(2-3-8(6)9)10(15)14-11(12)13/h2-5H,1H3,(H4,12,13,14,15). The summed E-state index contributed by atoms with van der Waals surface area (Å²) in [6.45, 7) is 1.70. The fraction of sp³-hybridized carbons (Fsp3) is 0.0909. The number of nitrogens with two attached hydrogens (primary N) is 2. The van der Waals surface area contributed by atoms with E-state index in [2.05, 4.69) is 4.99 Å². The Morgan fingerprint density at radius 3 is 2.56 bits per heavy atom. The molecule has 6 nitrogen and oxygen atoms in total. The molecule has 94 valence electrons. The van der Waals surface area contributed by atoms with Crippen molar-refractivity contribution in [2.45, 2.75) is 11.8 Å². The number of benzene rings is 1. The summed E-state index contributed by atoms with van der Waals surface area (Å²) in [5.41, 5.74) is 11.6. The van der Waals surface area contributed by atoms with E-state index in [4.69, 9.17) is 11.5 Å². The number of aliphatic imine (C=N–C) groups is 1. The Hall–Kier alpha value is -2.15. The first-order valence-corrected chi connectivity index (χ1v) is 6.57. The monoisotopic (exact) mass is 265 g/mol. The third kappa shape index (κ3) is 2.00. The Bertz CT molecular complexity index is 698. The molecule has 1 aliphatic rings. The maximum atomic E-state index is 11.8. The molecule has 0 fully saturated rings. The van der Waals surface area contributed by atoms with Gasteiger partial charge in [0.15, 0.2) is 5.96 Å². The van der Waals surface area contributed by atoms with E-state index in [1.807, 2.05) is 0 Å². The zero-order valence-electron chi connectivity index (χ0n) is 9.54. The summed E-state index contributed by atoms with van der Waals surface area (Å²) in [7, 11) is -3.46. The molecule has 0 spiro atoms. The maximum Gasteiger partial charge on any atom is 0.280 e. The van der Waals surface area contributed by atoms with Crippen LogP contribution in [0.5, 0.6) is 0 Å². The molecule has 7 heteroatoms. The minimum Gasteiger partial charge on any atom is -0.370 e. The van der Waals surface area contributed by atoms with Gasteiger partial charge in [-0.3, -0.25) is 4.79 Å². The van der Waals surface area contributed by atoms with E-state index >= 15 is 0 Å². The molecule has 1 aromatic rings. The number of hydrogen-bond acceptors (Lipinski definition) is 3. The summed E-state index contributed by atoms with van der Waals surface area (Å²) in [6, 6.07) is 4.35. The lowest BCUT2D eigenvalue weighted by Crippen LogP contribution is -2.24. The van der Waals surface area contributed by atoms with Gasteiger partial charge >= 0.3 is 0 Å². The largest absolute Gasteiger partial charge is 0.370 e. The second-order valence-electron chi connectivity index (χ2n) is 3.90. The number of carbonyl (C=O) groups is 1. The summed E-state index contributed by atoms with van der Waals surface area (Å²) in [5, 5.41) is 1.17. The molecule has 0 saturated carbocycles. The van der Waals surface area contributed by atoms with Gasteiger partial charge in [0, 0.05) is 11.0 Å². The van der Waals surface area contributed by atoms with Gasteiger partial charge in [0.1, 0.15) is 0 Å². The third-order valence-electron chi connectivity index (χ3n) is 2.52. The van der Waals surface area contributed by atoms with Crippen LogP contribution in [0.2, 0.25) is 0 Å². The minimum atomic E-state index is -3.46. The molecule has 0 unspecified atom stereocenters. The van der Waals surface area contributed by atoms with Gasteiger partial charge in [-0.2, -0.15) is 4.99 Å². The van der Waals surface area contributed by atoms with Gasteiger partial charge in [-0.25, -0.2) is 8.42 Å². The number of rotatable bonds is 1. The van der Waals surface area contributed by atoms with Crippen LogP contribution in [0.3, 0.4) is 0 Å². The lowest BCUT2D eigenvalue weighted by Gasteiger charge is -2.02. The van der Waals surface area contributed by atoms with Gasteiger partial charge in [0.2, 0.25) is 9.84 Å². The highest BCUT2D eigenvalue weighted by Gasteiger charge is 2.25. The molecule has 1 aliphatic heterocycles. The summed E-state index contributed by atoms with van der Waals surface area (Å²) < 4.78 is 23.6. The second-order valence-corrected chi connectivity index (χ2v) is 5.66. The van der Waals surface area contributed by atoms with Gasteiger partial charge in [-0.05, 0) is 30.2 Å². The summed E-state index contributed by atoms with van der Waals surface area (Å²) in [4.78, 5) is 15.1. The normalized spacial score (nSPS) is 15.7. The number of sulfone groups is 1. The molecule has 0 atom stereocenters. The van der Waals surface area contributed by atoms with Gasteiger partial charge in [-0.15, -0.1) is 0 Å². The van der Waals surface area contributed by atoms with Crippen LogP contribution in [0.25, 0.3) is 5.57 Å². The Kier molecular flexibility index (Phi) is 2.70. The first-order chi connectivity index (χ1) is 8.31. The van der Waals surface area contributed by atoms with Crippen LogP contribution < -0.4 is 11.5 Å². The number of amides is 1. The SMILES string of the molecule is CC1=CS(=O)(=O)c2cc(C(=O)N=C(N)N)ccc21. The van der Waals surface area contributed by atoms with Crippen molar-refractivity contribution >= 4 is 27.3 Å². The number of hydrogen-bond donors (Lipinski definition) is 2. The van der Waals surface area contributed by atoms with E-state index in [9.17, 15) is 13.2 Å². The average Bonchev–Trinajstić information content (AvgIpc) is 2.48. The van der Waals surface area contributed by atoms with Gasteiger partial charge < -0.3 is 11.5 Å². The Labute approximate surface area is 104 Å². The predicted molar refractivity (Wildman–Crippen MR) is 67.4 cm³/mol. The molecule has 2 rings (SSSR count). The van der Waals surface area contributed by atoms with E-state index in [0.29, 0.717) is 11.1 Å². The van der Waals surface area contributed by atoms with E-state index in [1.54, 1.807) is 13.0 Å². The van der Waals surface area contributed by atoms with Crippen LogP contribution in [0, 0.1) is 0 Å². The quantitative estimate of drug-likeness (QED) is 0.557. The number of carbonyl (C=O) groups excluding carboxylic acids is 1. The van der Waals surface area contributed by atoms with Crippen molar-refractivity contribution in [1.82, 2.24) is 0 Å². The van der Waals surface area contributed by atoms with E-state index < -0.39 is 15.7 Å². The molecule has 0 radical (unpaired) electrons. The van der Waals surface area contributed by atoms with Crippen molar-refractivity contribution in [3.05, 3.63) is 34.7 Å². The fourth-order valence-corrected chi connectivity index (χ4v) is 3.30. The van der Waals surface area contributed by atoms with E-state index in [0.717, 1.165) is 0 Å². The van der Waals surface area contributed by atoms with E-state index in [1.165, 1.54) is 17.5 Å².